The topological polar surface area (TPSA) is 79.7 Å². The van der Waals surface area contributed by atoms with Crippen molar-refractivity contribution in [1.82, 2.24) is 4.98 Å². The molecule has 0 fully saturated rings. The van der Waals surface area contributed by atoms with E-state index in [1.807, 2.05) is 24.3 Å². The van der Waals surface area contributed by atoms with Gasteiger partial charge in [-0.05, 0) is 36.4 Å². The molecule has 24 heavy (non-hydrogen) atoms. The van der Waals surface area contributed by atoms with Crippen LogP contribution in [0.4, 0.5) is 0 Å². The van der Waals surface area contributed by atoms with Gasteiger partial charge in [-0.15, -0.1) is 0 Å². The van der Waals surface area contributed by atoms with Crippen LogP contribution in [0.2, 0.25) is 0 Å². The molecule has 8 heteroatoms. The lowest BCUT2D eigenvalue weighted by Gasteiger charge is -2.09. The van der Waals surface area contributed by atoms with Gasteiger partial charge in [-0.1, -0.05) is 28.1 Å². The third-order valence-corrected chi connectivity index (χ3v) is 4.55. The zero-order valence-corrected chi connectivity index (χ0v) is 15.2. The SMILES string of the molecule is O=C(O)c1cc(-c2ccc(Br)cc2)nc2ccc(OSSO)cc12. The van der Waals surface area contributed by atoms with Crippen molar-refractivity contribution in [2.45, 2.75) is 0 Å². The minimum absolute atomic E-state index is 0.144. The standard InChI is InChI=1S/C16H10BrNO4S2/c17-10-3-1-9(2-4-10)15-8-13(16(19)20)12-7-11(22-24-23-21)5-6-14(12)18-15/h1-8,21H,(H,19,20). The van der Waals surface area contributed by atoms with Gasteiger partial charge in [0.25, 0.3) is 0 Å². The lowest BCUT2D eigenvalue weighted by molar-refractivity contribution is 0.0699. The molecule has 0 aliphatic heterocycles. The number of fused-ring (bicyclic) bond motifs is 1. The summed E-state index contributed by atoms with van der Waals surface area (Å²) in [4.78, 5) is 16.2. The Hall–Kier alpha value is -1.74. The van der Waals surface area contributed by atoms with Gasteiger partial charge in [-0.2, -0.15) is 0 Å². The molecule has 5 nitrogen and oxygen atoms in total. The van der Waals surface area contributed by atoms with Gasteiger partial charge in [0, 0.05) is 15.4 Å². The molecule has 0 bridgehead atoms. The number of carboxylic acid groups (broad SMARTS) is 1. The van der Waals surface area contributed by atoms with Crippen molar-refractivity contribution in [3.05, 3.63) is 58.6 Å². The molecule has 0 spiro atoms. The van der Waals surface area contributed by atoms with Crippen LogP contribution in [0, 0.1) is 0 Å². The quantitative estimate of drug-likeness (QED) is 0.413. The molecule has 2 aromatic carbocycles. The molecule has 1 aromatic heterocycles. The van der Waals surface area contributed by atoms with Crippen LogP contribution in [0.3, 0.4) is 0 Å². The van der Waals surface area contributed by atoms with Gasteiger partial charge < -0.3 is 13.8 Å². The molecular formula is C16H10BrNO4S2. The number of aromatic carboxylic acids is 1. The van der Waals surface area contributed by atoms with E-state index in [1.165, 1.54) is 0 Å². The van der Waals surface area contributed by atoms with Crippen LogP contribution in [-0.4, -0.2) is 20.6 Å². The van der Waals surface area contributed by atoms with Crippen LogP contribution in [0.1, 0.15) is 10.4 Å². The van der Waals surface area contributed by atoms with Gasteiger partial charge in [-0.25, -0.2) is 9.78 Å². The Kier molecular flexibility index (Phi) is 5.30. The number of nitrogens with zero attached hydrogens (tertiary/aromatic N) is 1. The lowest BCUT2D eigenvalue weighted by Crippen LogP contribution is -2.00. The Morgan fingerprint density at radius 1 is 1.12 bits per heavy atom. The third-order valence-electron chi connectivity index (χ3n) is 3.31. The first kappa shape index (κ1) is 17.1. The molecule has 122 valence electrons. The fourth-order valence-corrected chi connectivity index (χ4v) is 3.06. The second kappa shape index (κ2) is 7.43. The van der Waals surface area contributed by atoms with E-state index < -0.39 is 5.97 Å². The van der Waals surface area contributed by atoms with E-state index in [9.17, 15) is 9.90 Å². The number of hydrogen-bond acceptors (Lipinski definition) is 6. The highest BCUT2D eigenvalue weighted by atomic mass is 79.9. The van der Waals surface area contributed by atoms with Crippen LogP contribution in [0.5, 0.6) is 5.75 Å². The number of halogens is 1. The van der Waals surface area contributed by atoms with Gasteiger partial charge in [0.15, 0.2) is 11.1 Å². The Morgan fingerprint density at radius 3 is 2.54 bits per heavy atom. The monoisotopic (exact) mass is 423 g/mol. The van der Waals surface area contributed by atoms with Crippen LogP contribution in [0.15, 0.2) is 53.0 Å². The Bertz CT molecular complexity index is 902. The highest BCUT2D eigenvalue weighted by Crippen LogP contribution is 2.31. The summed E-state index contributed by atoms with van der Waals surface area (Å²) in [5.74, 6) is -0.600. The summed E-state index contributed by atoms with van der Waals surface area (Å²) in [5.41, 5.74) is 2.11. The van der Waals surface area contributed by atoms with Gasteiger partial charge in [-0.3, -0.25) is 0 Å². The number of carbonyl (C=O) groups is 1. The molecule has 0 unspecified atom stereocenters. The second-order valence-corrected chi connectivity index (χ2v) is 6.99. The van der Waals surface area contributed by atoms with Gasteiger partial charge >= 0.3 is 5.97 Å². The number of rotatable bonds is 5. The molecule has 1 heterocycles. The summed E-state index contributed by atoms with van der Waals surface area (Å²) in [5, 5.41) is 10.0. The molecule has 0 saturated carbocycles. The van der Waals surface area contributed by atoms with E-state index in [0.717, 1.165) is 21.1 Å². The summed E-state index contributed by atoms with van der Waals surface area (Å²) < 4.78 is 14.9. The predicted octanol–water partition coefficient (Wildman–Crippen LogP) is 5.51. The molecule has 0 aliphatic rings. The van der Waals surface area contributed by atoms with E-state index in [2.05, 4.69) is 20.9 Å². The van der Waals surface area contributed by atoms with E-state index in [-0.39, 0.29) is 5.56 Å². The fourth-order valence-electron chi connectivity index (χ4n) is 2.26. The van der Waals surface area contributed by atoms with Crippen molar-refractivity contribution >= 4 is 55.0 Å². The first-order valence-electron chi connectivity index (χ1n) is 6.67. The molecule has 0 radical (unpaired) electrons. The summed E-state index contributed by atoms with van der Waals surface area (Å²) in [6.07, 6.45) is 0. The maximum Gasteiger partial charge on any atom is 0.336 e. The molecule has 3 rings (SSSR count). The van der Waals surface area contributed by atoms with Crippen LogP contribution >= 0.6 is 38.1 Å². The van der Waals surface area contributed by atoms with E-state index in [4.69, 9.17) is 8.74 Å². The number of pyridine rings is 1. The van der Waals surface area contributed by atoms with E-state index >= 15 is 0 Å². The van der Waals surface area contributed by atoms with Gasteiger partial charge in [0.05, 0.1) is 16.8 Å². The Labute approximate surface area is 154 Å². The predicted molar refractivity (Wildman–Crippen MR) is 100 cm³/mol. The lowest BCUT2D eigenvalue weighted by atomic mass is 10.0. The molecular weight excluding hydrogens is 414 g/mol. The van der Waals surface area contributed by atoms with Crippen LogP contribution < -0.4 is 4.18 Å². The van der Waals surface area contributed by atoms with Crippen molar-refractivity contribution in [3.63, 3.8) is 0 Å². The second-order valence-electron chi connectivity index (χ2n) is 4.77. The normalized spacial score (nSPS) is 10.8. The van der Waals surface area contributed by atoms with Crippen molar-refractivity contribution < 1.29 is 18.6 Å². The smallest absolute Gasteiger partial charge is 0.336 e. The Morgan fingerprint density at radius 2 is 1.88 bits per heavy atom. The van der Waals surface area contributed by atoms with Crippen molar-refractivity contribution in [2.24, 2.45) is 0 Å². The average Bonchev–Trinajstić information content (AvgIpc) is 2.59. The largest absolute Gasteiger partial charge is 0.478 e. The summed E-state index contributed by atoms with van der Waals surface area (Å²) in [6.45, 7) is 0. The molecule has 2 N–H and O–H groups in total. The Balaban J connectivity index is 2.14. The number of benzene rings is 2. The van der Waals surface area contributed by atoms with Crippen molar-refractivity contribution in [3.8, 4) is 17.0 Å². The number of aromatic nitrogens is 1. The average molecular weight is 424 g/mol. The number of carboxylic acids is 1. The molecule has 0 saturated heterocycles. The van der Waals surface area contributed by atoms with E-state index in [1.54, 1.807) is 24.3 Å². The molecule has 0 amide bonds. The highest BCUT2D eigenvalue weighted by Gasteiger charge is 2.14. The van der Waals surface area contributed by atoms with Crippen LogP contribution in [0.25, 0.3) is 22.2 Å². The molecule has 0 aliphatic carbocycles. The molecule has 0 atom stereocenters. The third kappa shape index (κ3) is 3.67. The van der Waals surface area contributed by atoms with Gasteiger partial charge in [0.1, 0.15) is 16.8 Å². The zero-order chi connectivity index (χ0) is 17.1. The summed E-state index contributed by atoms with van der Waals surface area (Å²) in [6, 6.07) is 14.0. The summed E-state index contributed by atoms with van der Waals surface area (Å²) >= 11 is 4.63. The van der Waals surface area contributed by atoms with Crippen molar-refractivity contribution in [1.29, 1.82) is 0 Å². The maximum absolute atomic E-state index is 11.7. The van der Waals surface area contributed by atoms with Gasteiger partial charge in [0.2, 0.25) is 0 Å². The first-order valence-corrected chi connectivity index (χ1v) is 9.50. The maximum atomic E-state index is 11.7. The van der Waals surface area contributed by atoms with E-state index in [0.29, 0.717) is 33.4 Å². The number of hydrogen-bond donors (Lipinski definition) is 2. The minimum Gasteiger partial charge on any atom is -0.478 e. The summed E-state index contributed by atoms with van der Waals surface area (Å²) in [7, 11) is 0. The van der Waals surface area contributed by atoms with Crippen LogP contribution in [-0.2, 0) is 0 Å². The highest BCUT2D eigenvalue weighted by molar-refractivity contribution is 9.10. The first-order chi connectivity index (χ1) is 11.6. The minimum atomic E-state index is -1.04. The fraction of sp³-hybridized carbons (Fsp3) is 0. The zero-order valence-electron chi connectivity index (χ0n) is 12.0. The van der Waals surface area contributed by atoms with Crippen molar-refractivity contribution in [2.75, 3.05) is 0 Å². The molecule has 3 aromatic rings.